The minimum atomic E-state index is 1.11. The summed E-state index contributed by atoms with van der Waals surface area (Å²) in [4.78, 5) is 4.73. The summed E-state index contributed by atoms with van der Waals surface area (Å²) in [6, 6.07) is 94.9. The molecule has 0 atom stereocenters. The molecule has 1 aromatic heterocycles. The molecule has 13 rings (SSSR count). The maximum atomic E-state index is 2.47. The molecule has 13 aromatic rings. The Morgan fingerprint density at radius 1 is 0.254 bits per heavy atom. The van der Waals surface area contributed by atoms with Gasteiger partial charge in [-0.2, -0.15) is 0 Å². The first kappa shape index (κ1) is 38.5. The molecule has 0 amide bonds. The SMILES string of the molecule is c1ccc(N(c2ccc(-c3cc4ccc5cc(-c6ccc(N(c7ccccc7)c7cccc8ccccc78)cc6)cc6c5c4c(c3)n6-c3ccccc3)cc2)c2cccc3ccccc23)cc1. The standard InChI is InChI=1S/C64H43N3/c1-4-20-52(21-5-1)65(59-28-14-18-46-16-10-12-26-57(46)59)55-36-32-44(33-37-55)50-40-48-30-31-49-41-51(43-62-64(49)63(48)61(42-50)67(62)54-24-8-3-9-25-54)45-34-38-56(39-35-45)66(53-22-6-2-7-23-53)60-29-15-19-47-17-11-13-27-58(47)60/h1-43H. The first-order valence-electron chi connectivity index (χ1n) is 23.0. The molecule has 0 saturated heterocycles. The van der Waals surface area contributed by atoms with Gasteiger partial charge in [0.1, 0.15) is 0 Å². The van der Waals surface area contributed by atoms with Crippen LogP contribution in [-0.2, 0) is 0 Å². The number of hydrogen-bond acceptors (Lipinski definition) is 2. The predicted molar refractivity (Wildman–Crippen MR) is 285 cm³/mol. The van der Waals surface area contributed by atoms with Gasteiger partial charge in [-0.1, -0.05) is 164 Å². The van der Waals surface area contributed by atoms with Gasteiger partial charge in [0.15, 0.2) is 0 Å². The van der Waals surface area contributed by atoms with Crippen molar-refractivity contribution in [3.8, 4) is 27.9 Å². The average Bonchev–Trinajstić information content (AvgIpc) is 3.74. The monoisotopic (exact) mass is 853 g/mol. The molecule has 3 nitrogen and oxygen atoms in total. The van der Waals surface area contributed by atoms with Crippen molar-refractivity contribution >= 4 is 88.2 Å². The van der Waals surface area contributed by atoms with Crippen LogP contribution in [0.1, 0.15) is 0 Å². The fourth-order valence-electron chi connectivity index (χ4n) is 10.4. The molecule has 0 spiro atoms. The van der Waals surface area contributed by atoms with E-state index in [0.717, 1.165) is 39.8 Å². The molecule has 0 fully saturated rings. The van der Waals surface area contributed by atoms with Crippen molar-refractivity contribution in [3.63, 3.8) is 0 Å². The van der Waals surface area contributed by atoms with E-state index >= 15 is 0 Å². The van der Waals surface area contributed by atoms with Crippen molar-refractivity contribution in [1.82, 2.24) is 4.57 Å². The van der Waals surface area contributed by atoms with E-state index in [1.807, 2.05) is 0 Å². The van der Waals surface area contributed by atoms with Crippen LogP contribution in [0.25, 0.3) is 82.1 Å². The van der Waals surface area contributed by atoms with Crippen LogP contribution in [0.5, 0.6) is 0 Å². The smallest absolute Gasteiger partial charge is 0.0553 e. The van der Waals surface area contributed by atoms with Crippen LogP contribution in [0.3, 0.4) is 0 Å². The summed E-state index contributed by atoms with van der Waals surface area (Å²) in [6.45, 7) is 0. The van der Waals surface area contributed by atoms with Gasteiger partial charge in [0.05, 0.1) is 22.4 Å². The van der Waals surface area contributed by atoms with Crippen LogP contribution < -0.4 is 9.80 Å². The molecule has 0 unspecified atom stereocenters. The number of nitrogens with zero attached hydrogens (tertiary/aromatic N) is 3. The van der Waals surface area contributed by atoms with E-state index in [9.17, 15) is 0 Å². The lowest BCUT2D eigenvalue weighted by Crippen LogP contribution is -2.10. The third kappa shape index (κ3) is 6.59. The Hall–Kier alpha value is -8.92. The van der Waals surface area contributed by atoms with Crippen molar-refractivity contribution in [1.29, 1.82) is 0 Å². The van der Waals surface area contributed by atoms with E-state index in [1.54, 1.807) is 0 Å². The zero-order valence-corrected chi connectivity index (χ0v) is 36.7. The van der Waals surface area contributed by atoms with Crippen LogP contribution in [0.4, 0.5) is 34.1 Å². The summed E-state index contributed by atoms with van der Waals surface area (Å²) in [6.07, 6.45) is 0. The van der Waals surface area contributed by atoms with Crippen molar-refractivity contribution in [3.05, 3.63) is 261 Å². The Balaban J connectivity index is 0.924. The number of para-hydroxylation sites is 3. The number of fused-ring (bicyclic) bond motifs is 2. The van der Waals surface area contributed by atoms with Gasteiger partial charge in [0.2, 0.25) is 0 Å². The van der Waals surface area contributed by atoms with Crippen LogP contribution in [0.15, 0.2) is 261 Å². The minimum absolute atomic E-state index is 1.11. The Labute approximate surface area is 389 Å². The van der Waals surface area contributed by atoms with E-state index in [4.69, 9.17) is 0 Å². The molecule has 67 heavy (non-hydrogen) atoms. The van der Waals surface area contributed by atoms with Gasteiger partial charge in [-0.15, -0.1) is 0 Å². The Morgan fingerprint density at radius 3 is 1.07 bits per heavy atom. The second kappa shape index (κ2) is 16.0. The van der Waals surface area contributed by atoms with E-state index in [0.29, 0.717) is 0 Å². The second-order valence-corrected chi connectivity index (χ2v) is 17.4. The van der Waals surface area contributed by atoms with Gasteiger partial charge in [-0.05, 0) is 141 Å². The van der Waals surface area contributed by atoms with Crippen molar-refractivity contribution in [2.24, 2.45) is 0 Å². The van der Waals surface area contributed by atoms with Gasteiger partial charge < -0.3 is 14.4 Å². The fourth-order valence-corrected chi connectivity index (χ4v) is 10.4. The van der Waals surface area contributed by atoms with E-state index in [-0.39, 0.29) is 0 Å². The zero-order valence-electron chi connectivity index (χ0n) is 36.7. The molecule has 3 heteroatoms. The van der Waals surface area contributed by atoms with Gasteiger partial charge >= 0.3 is 0 Å². The Morgan fingerprint density at radius 2 is 0.627 bits per heavy atom. The molecule has 314 valence electrons. The molecule has 0 aliphatic rings. The van der Waals surface area contributed by atoms with Crippen LogP contribution >= 0.6 is 0 Å². The average molecular weight is 854 g/mol. The molecule has 1 heterocycles. The molecule has 0 radical (unpaired) electrons. The van der Waals surface area contributed by atoms with Crippen LogP contribution in [-0.4, -0.2) is 4.57 Å². The lowest BCUT2D eigenvalue weighted by molar-refractivity contribution is 1.18. The van der Waals surface area contributed by atoms with Crippen molar-refractivity contribution in [2.75, 3.05) is 9.80 Å². The molecule has 0 saturated carbocycles. The first-order chi connectivity index (χ1) is 33.2. The molecule has 0 aliphatic carbocycles. The van der Waals surface area contributed by atoms with E-state index in [1.165, 1.54) is 76.4 Å². The van der Waals surface area contributed by atoms with E-state index < -0.39 is 0 Å². The number of rotatable bonds is 9. The third-order valence-corrected chi connectivity index (χ3v) is 13.4. The fraction of sp³-hybridized carbons (Fsp3) is 0. The highest BCUT2D eigenvalue weighted by Gasteiger charge is 2.21. The summed E-state index contributed by atoms with van der Waals surface area (Å²) in [5.74, 6) is 0. The summed E-state index contributed by atoms with van der Waals surface area (Å²) in [7, 11) is 0. The number of benzene rings is 12. The summed E-state index contributed by atoms with van der Waals surface area (Å²) in [5, 5.41) is 9.92. The maximum absolute atomic E-state index is 2.47. The quantitative estimate of drug-likeness (QED) is 0.134. The highest BCUT2D eigenvalue weighted by atomic mass is 15.1. The molecule has 0 bridgehead atoms. The van der Waals surface area contributed by atoms with Crippen molar-refractivity contribution < 1.29 is 0 Å². The summed E-state index contributed by atoms with van der Waals surface area (Å²) < 4.78 is 2.47. The predicted octanol–water partition coefficient (Wildman–Crippen LogP) is 18.0. The normalized spacial score (nSPS) is 11.6. The van der Waals surface area contributed by atoms with Crippen LogP contribution in [0, 0.1) is 0 Å². The van der Waals surface area contributed by atoms with Gasteiger partial charge in [-0.25, -0.2) is 0 Å². The molecular formula is C64H43N3. The van der Waals surface area contributed by atoms with Gasteiger partial charge in [0, 0.05) is 50.0 Å². The summed E-state index contributed by atoms with van der Waals surface area (Å²) >= 11 is 0. The van der Waals surface area contributed by atoms with Crippen molar-refractivity contribution in [2.45, 2.75) is 0 Å². The lowest BCUT2D eigenvalue weighted by Gasteiger charge is -2.27. The largest absolute Gasteiger partial charge is 0.310 e. The minimum Gasteiger partial charge on any atom is -0.310 e. The highest BCUT2D eigenvalue weighted by Crippen LogP contribution is 2.45. The third-order valence-electron chi connectivity index (χ3n) is 13.4. The lowest BCUT2D eigenvalue weighted by atomic mass is 9.95. The highest BCUT2D eigenvalue weighted by molar-refractivity contribution is 6.25. The number of aromatic nitrogens is 1. The second-order valence-electron chi connectivity index (χ2n) is 17.4. The molecule has 12 aromatic carbocycles. The Kier molecular flexibility index (Phi) is 9.17. The van der Waals surface area contributed by atoms with E-state index in [2.05, 4.69) is 275 Å². The van der Waals surface area contributed by atoms with Gasteiger partial charge in [-0.3, -0.25) is 0 Å². The first-order valence-corrected chi connectivity index (χ1v) is 23.0. The molecule has 0 N–H and O–H groups in total. The molecule has 0 aliphatic heterocycles. The topological polar surface area (TPSA) is 11.4 Å². The number of hydrogen-bond donors (Lipinski definition) is 0. The maximum Gasteiger partial charge on any atom is 0.0553 e. The van der Waals surface area contributed by atoms with Gasteiger partial charge in [0.25, 0.3) is 0 Å². The summed E-state index contributed by atoms with van der Waals surface area (Å²) in [5.41, 5.74) is 15.0. The molecular weight excluding hydrogens is 811 g/mol. The number of anilines is 6. The Bertz CT molecular complexity index is 3650. The van der Waals surface area contributed by atoms with Crippen LogP contribution in [0.2, 0.25) is 0 Å². The zero-order chi connectivity index (χ0) is 44.3.